The largest absolute Gasteiger partial charge is 0.493 e. The van der Waals surface area contributed by atoms with Gasteiger partial charge in [0.15, 0.2) is 5.82 Å². The van der Waals surface area contributed by atoms with Crippen LogP contribution in [0, 0.1) is 11.6 Å². The molecule has 0 aliphatic carbocycles. The number of halogens is 3. The van der Waals surface area contributed by atoms with Gasteiger partial charge >= 0.3 is 0 Å². The lowest BCUT2D eigenvalue weighted by Crippen LogP contribution is -2.01. The van der Waals surface area contributed by atoms with Gasteiger partial charge in [0, 0.05) is 11.6 Å². The highest BCUT2D eigenvalue weighted by atomic mass is 35.5. The molecular formula is C14H13ClF2N2O. The fourth-order valence-electron chi connectivity index (χ4n) is 1.67. The van der Waals surface area contributed by atoms with E-state index in [1.165, 1.54) is 18.2 Å². The van der Waals surface area contributed by atoms with Crippen molar-refractivity contribution in [2.45, 2.75) is 19.8 Å². The summed E-state index contributed by atoms with van der Waals surface area (Å²) in [5.74, 6) is -0.853. The SMILES string of the molecule is CCCCOc1cc(F)ccc1-c1nc(Cl)ncc1F. The summed E-state index contributed by atoms with van der Waals surface area (Å²) in [7, 11) is 0. The minimum atomic E-state index is -0.638. The average molecular weight is 299 g/mol. The second-order valence-corrected chi connectivity index (χ2v) is 4.52. The summed E-state index contributed by atoms with van der Waals surface area (Å²) in [6.45, 7) is 2.44. The van der Waals surface area contributed by atoms with Crippen LogP contribution in [0.5, 0.6) is 5.75 Å². The molecule has 0 saturated carbocycles. The Bertz CT molecular complexity index is 608. The van der Waals surface area contributed by atoms with Crippen molar-refractivity contribution in [2.24, 2.45) is 0 Å². The molecule has 0 N–H and O–H groups in total. The predicted octanol–water partition coefficient (Wildman–Crippen LogP) is 4.25. The van der Waals surface area contributed by atoms with E-state index in [0.717, 1.165) is 19.0 Å². The van der Waals surface area contributed by atoms with Crippen molar-refractivity contribution >= 4 is 11.6 Å². The van der Waals surface area contributed by atoms with E-state index in [4.69, 9.17) is 16.3 Å². The van der Waals surface area contributed by atoms with E-state index < -0.39 is 11.6 Å². The van der Waals surface area contributed by atoms with Crippen molar-refractivity contribution in [2.75, 3.05) is 6.61 Å². The number of benzene rings is 1. The Hall–Kier alpha value is -1.75. The zero-order valence-electron chi connectivity index (χ0n) is 10.9. The van der Waals surface area contributed by atoms with E-state index in [1.807, 2.05) is 6.92 Å². The Morgan fingerprint density at radius 1 is 1.30 bits per heavy atom. The summed E-state index contributed by atoms with van der Waals surface area (Å²) >= 11 is 5.67. The highest BCUT2D eigenvalue weighted by molar-refractivity contribution is 6.28. The molecule has 1 aromatic carbocycles. The van der Waals surface area contributed by atoms with Crippen LogP contribution in [0.2, 0.25) is 5.28 Å². The number of hydrogen-bond donors (Lipinski definition) is 0. The average Bonchev–Trinajstić information content (AvgIpc) is 2.42. The second kappa shape index (κ2) is 6.61. The molecule has 6 heteroatoms. The van der Waals surface area contributed by atoms with Crippen LogP contribution in [0.15, 0.2) is 24.4 Å². The van der Waals surface area contributed by atoms with E-state index in [0.29, 0.717) is 12.2 Å². The fraction of sp³-hybridized carbons (Fsp3) is 0.286. The second-order valence-electron chi connectivity index (χ2n) is 4.18. The fourth-order valence-corrected chi connectivity index (χ4v) is 1.81. The van der Waals surface area contributed by atoms with E-state index in [-0.39, 0.29) is 16.7 Å². The van der Waals surface area contributed by atoms with Crippen LogP contribution in [0.25, 0.3) is 11.3 Å². The van der Waals surface area contributed by atoms with E-state index >= 15 is 0 Å². The number of aromatic nitrogens is 2. The third kappa shape index (κ3) is 3.42. The molecule has 1 aromatic heterocycles. The molecule has 0 amide bonds. The van der Waals surface area contributed by atoms with Gasteiger partial charge in [0.25, 0.3) is 0 Å². The zero-order valence-corrected chi connectivity index (χ0v) is 11.6. The van der Waals surface area contributed by atoms with Crippen LogP contribution in [0.4, 0.5) is 8.78 Å². The molecule has 0 fully saturated rings. The molecule has 0 bridgehead atoms. The van der Waals surface area contributed by atoms with Crippen molar-refractivity contribution in [3.8, 4) is 17.0 Å². The van der Waals surface area contributed by atoms with Crippen molar-refractivity contribution in [3.63, 3.8) is 0 Å². The normalized spacial score (nSPS) is 10.6. The van der Waals surface area contributed by atoms with Gasteiger partial charge in [-0.2, -0.15) is 0 Å². The van der Waals surface area contributed by atoms with Gasteiger partial charge < -0.3 is 4.74 Å². The van der Waals surface area contributed by atoms with Crippen molar-refractivity contribution in [3.05, 3.63) is 41.3 Å². The maximum atomic E-state index is 13.8. The summed E-state index contributed by atoms with van der Waals surface area (Å²) in [5.41, 5.74) is 0.348. The first-order valence-electron chi connectivity index (χ1n) is 6.22. The van der Waals surface area contributed by atoms with Crippen LogP contribution in [-0.4, -0.2) is 16.6 Å². The Morgan fingerprint density at radius 2 is 2.10 bits per heavy atom. The first-order valence-corrected chi connectivity index (χ1v) is 6.60. The highest BCUT2D eigenvalue weighted by Crippen LogP contribution is 2.31. The lowest BCUT2D eigenvalue weighted by Gasteiger charge is -2.11. The van der Waals surface area contributed by atoms with E-state index in [9.17, 15) is 8.78 Å². The summed E-state index contributed by atoms with van der Waals surface area (Å²) in [4.78, 5) is 7.39. The van der Waals surface area contributed by atoms with Gasteiger partial charge in [-0.15, -0.1) is 0 Å². The number of rotatable bonds is 5. The molecule has 0 aliphatic rings. The molecule has 20 heavy (non-hydrogen) atoms. The molecule has 0 atom stereocenters. The Balaban J connectivity index is 2.41. The quantitative estimate of drug-likeness (QED) is 0.611. The lowest BCUT2D eigenvalue weighted by molar-refractivity contribution is 0.309. The Kier molecular flexibility index (Phi) is 4.84. The molecule has 1 heterocycles. The standard InChI is InChI=1S/C14H13ClF2N2O/c1-2-3-6-20-12-7-9(16)4-5-10(12)13-11(17)8-18-14(15)19-13/h4-5,7-8H,2-3,6H2,1H3. The van der Waals surface area contributed by atoms with Gasteiger partial charge in [0.2, 0.25) is 5.28 Å². The molecule has 0 saturated heterocycles. The maximum Gasteiger partial charge on any atom is 0.223 e. The minimum Gasteiger partial charge on any atom is -0.493 e. The number of ether oxygens (including phenoxy) is 1. The van der Waals surface area contributed by atoms with Gasteiger partial charge in [-0.05, 0) is 30.2 Å². The van der Waals surface area contributed by atoms with E-state index in [1.54, 1.807) is 0 Å². The molecule has 0 spiro atoms. The maximum absolute atomic E-state index is 13.8. The third-order valence-corrected chi connectivity index (χ3v) is 2.85. The zero-order chi connectivity index (χ0) is 14.5. The van der Waals surface area contributed by atoms with Crippen molar-refractivity contribution in [1.82, 2.24) is 9.97 Å². The molecule has 2 aromatic rings. The van der Waals surface area contributed by atoms with Crippen LogP contribution in [0.3, 0.4) is 0 Å². The summed E-state index contributed by atoms with van der Waals surface area (Å²) < 4.78 is 32.6. The topological polar surface area (TPSA) is 35.0 Å². The van der Waals surface area contributed by atoms with Gasteiger partial charge in [-0.1, -0.05) is 13.3 Å². The third-order valence-electron chi connectivity index (χ3n) is 2.67. The number of unbranched alkanes of at least 4 members (excludes halogenated alkanes) is 1. The van der Waals surface area contributed by atoms with Crippen LogP contribution < -0.4 is 4.74 Å². The highest BCUT2D eigenvalue weighted by Gasteiger charge is 2.15. The summed E-state index contributed by atoms with van der Waals surface area (Å²) in [6.07, 6.45) is 2.74. The van der Waals surface area contributed by atoms with Crippen molar-refractivity contribution < 1.29 is 13.5 Å². The molecule has 0 aliphatic heterocycles. The Labute approximate surface area is 120 Å². The number of hydrogen-bond acceptors (Lipinski definition) is 3. The van der Waals surface area contributed by atoms with Gasteiger partial charge in [0.05, 0.1) is 12.8 Å². The molecule has 106 valence electrons. The lowest BCUT2D eigenvalue weighted by atomic mass is 10.1. The smallest absolute Gasteiger partial charge is 0.223 e. The molecular weight excluding hydrogens is 286 g/mol. The first kappa shape index (κ1) is 14.7. The molecule has 0 radical (unpaired) electrons. The van der Waals surface area contributed by atoms with E-state index in [2.05, 4.69) is 9.97 Å². The van der Waals surface area contributed by atoms with Gasteiger partial charge in [-0.25, -0.2) is 18.7 Å². The monoisotopic (exact) mass is 298 g/mol. The first-order chi connectivity index (χ1) is 9.61. The van der Waals surface area contributed by atoms with Crippen LogP contribution >= 0.6 is 11.6 Å². The van der Waals surface area contributed by atoms with Gasteiger partial charge in [-0.3, -0.25) is 0 Å². The summed E-state index contributed by atoms with van der Waals surface area (Å²) in [5, 5.41) is -0.0785. The Morgan fingerprint density at radius 3 is 2.85 bits per heavy atom. The van der Waals surface area contributed by atoms with Crippen molar-refractivity contribution in [1.29, 1.82) is 0 Å². The molecule has 2 rings (SSSR count). The number of nitrogens with zero attached hydrogens (tertiary/aromatic N) is 2. The minimum absolute atomic E-state index is 0.00324. The van der Waals surface area contributed by atoms with Crippen LogP contribution in [0.1, 0.15) is 19.8 Å². The van der Waals surface area contributed by atoms with Crippen LogP contribution in [-0.2, 0) is 0 Å². The molecule has 3 nitrogen and oxygen atoms in total. The summed E-state index contributed by atoms with van der Waals surface area (Å²) in [6, 6.07) is 3.84. The molecule has 0 unspecified atom stereocenters. The predicted molar refractivity (Wildman–Crippen MR) is 72.8 cm³/mol. The van der Waals surface area contributed by atoms with Gasteiger partial charge in [0.1, 0.15) is 17.3 Å².